The third-order valence-corrected chi connectivity index (χ3v) is 6.42. The van der Waals surface area contributed by atoms with Crippen molar-refractivity contribution in [2.24, 2.45) is 0 Å². The number of carbonyl (C=O) groups excluding carboxylic acids is 1. The van der Waals surface area contributed by atoms with E-state index in [1.54, 1.807) is 11.3 Å². The van der Waals surface area contributed by atoms with Crippen LogP contribution < -0.4 is 19.3 Å². The van der Waals surface area contributed by atoms with Gasteiger partial charge in [0.15, 0.2) is 17.3 Å². The number of anilines is 2. The molecule has 1 aromatic heterocycles. The summed E-state index contributed by atoms with van der Waals surface area (Å²) in [6.45, 7) is 10.0. The normalized spacial score (nSPS) is 21.4. The number of thiazole rings is 1. The summed E-state index contributed by atoms with van der Waals surface area (Å²) in [5, 5.41) is 1.13. The van der Waals surface area contributed by atoms with Crippen LogP contribution in [0.5, 0.6) is 11.5 Å². The van der Waals surface area contributed by atoms with Gasteiger partial charge in [-0.2, -0.15) is 0 Å². The van der Waals surface area contributed by atoms with E-state index in [-0.39, 0.29) is 12.0 Å². The molecule has 0 bridgehead atoms. The zero-order chi connectivity index (χ0) is 20.9. The molecule has 2 aromatic rings. The fourth-order valence-electron chi connectivity index (χ4n) is 4.08. The van der Waals surface area contributed by atoms with Gasteiger partial charge in [-0.3, -0.25) is 14.6 Å². The fraction of sp³-hybridized carbons (Fsp3) is 0.545. The summed E-state index contributed by atoms with van der Waals surface area (Å²) in [5.74, 6) is 2.71. The molecule has 8 heteroatoms. The van der Waals surface area contributed by atoms with Gasteiger partial charge < -0.3 is 14.4 Å². The van der Waals surface area contributed by atoms with Crippen molar-refractivity contribution in [3.05, 3.63) is 29.8 Å². The molecule has 162 valence electrons. The van der Waals surface area contributed by atoms with E-state index in [1.165, 1.54) is 0 Å². The van der Waals surface area contributed by atoms with E-state index in [2.05, 4.69) is 14.8 Å². The fourth-order valence-corrected chi connectivity index (χ4v) is 4.93. The smallest absolute Gasteiger partial charge is 0.228 e. The second kappa shape index (κ2) is 9.66. The Morgan fingerprint density at radius 1 is 1.10 bits per heavy atom. The van der Waals surface area contributed by atoms with E-state index in [4.69, 9.17) is 9.47 Å². The van der Waals surface area contributed by atoms with Crippen LogP contribution in [0.15, 0.2) is 29.8 Å². The SMILES string of the molecule is CC.O=C1CCCN1c1ncsc1N1CCN(C[C@H]2COc3ccccc3O2)CC1. The maximum atomic E-state index is 12.1. The molecule has 0 unspecified atom stereocenters. The van der Waals surface area contributed by atoms with Gasteiger partial charge in [-0.1, -0.05) is 26.0 Å². The summed E-state index contributed by atoms with van der Waals surface area (Å²) in [4.78, 5) is 23.2. The maximum Gasteiger partial charge on any atom is 0.228 e. The second-order valence-electron chi connectivity index (χ2n) is 7.42. The van der Waals surface area contributed by atoms with Gasteiger partial charge in [-0.05, 0) is 18.6 Å². The van der Waals surface area contributed by atoms with Crippen LogP contribution in [-0.2, 0) is 4.79 Å². The number of aromatic nitrogens is 1. The second-order valence-corrected chi connectivity index (χ2v) is 8.25. The van der Waals surface area contributed by atoms with E-state index in [1.807, 2.05) is 48.5 Å². The van der Waals surface area contributed by atoms with Gasteiger partial charge in [0.1, 0.15) is 17.7 Å². The Morgan fingerprint density at radius 3 is 2.60 bits per heavy atom. The maximum absolute atomic E-state index is 12.1. The molecule has 2 saturated heterocycles. The average molecular weight is 431 g/mol. The largest absolute Gasteiger partial charge is 0.486 e. The first kappa shape index (κ1) is 20.9. The molecule has 0 radical (unpaired) electrons. The van der Waals surface area contributed by atoms with E-state index in [0.29, 0.717) is 13.0 Å². The van der Waals surface area contributed by atoms with Crippen LogP contribution >= 0.6 is 11.3 Å². The van der Waals surface area contributed by atoms with Gasteiger partial charge in [-0.25, -0.2) is 4.98 Å². The van der Waals surface area contributed by atoms with Crippen LogP contribution in [0.25, 0.3) is 0 Å². The van der Waals surface area contributed by atoms with Gasteiger partial charge in [0.25, 0.3) is 0 Å². The minimum absolute atomic E-state index is 0.0580. The predicted octanol–water partition coefficient (Wildman–Crippen LogP) is 3.26. The Labute approximate surface area is 182 Å². The Kier molecular flexibility index (Phi) is 6.74. The van der Waals surface area contributed by atoms with Crippen molar-refractivity contribution >= 4 is 28.1 Å². The van der Waals surface area contributed by atoms with E-state index < -0.39 is 0 Å². The monoisotopic (exact) mass is 430 g/mol. The molecule has 1 amide bonds. The highest BCUT2D eigenvalue weighted by atomic mass is 32.1. The van der Waals surface area contributed by atoms with Crippen LogP contribution in [0.4, 0.5) is 10.8 Å². The summed E-state index contributed by atoms with van der Waals surface area (Å²) in [6.07, 6.45) is 1.62. The number of rotatable bonds is 4. The third kappa shape index (κ3) is 4.39. The summed E-state index contributed by atoms with van der Waals surface area (Å²) in [5.41, 5.74) is 1.85. The molecule has 0 aliphatic carbocycles. The van der Waals surface area contributed by atoms with Gasteiger partial charge in [-0.15, -0.1) is 11.3 Å². The summed E-state index contributed by atoms with van der Waals surface area (Å²) in [6, 6.07) is 7.85. The molecule has 0 saturated carbocycles. The number of ether oxygens (including phenoxy) is 2. The molecular formula is C22H30N4O3S. The molecule has 3 aliphatic rings. The molecular weight excluding hydrogens is 400 g/mol. The number of amides is 1. The number of benzene rings is 1. The highest BCUT2D eigenvalue weighted by molar-refractivity contribution is 7.14. The quantitative estimate of drug-likeness (QED) is 0.742. The predicted molar refractivity (Wildman–Crippen MR) is 120 cm³/mol. The summed E-state index contributed by atoms with van der Waals surface area (Å²) >= 11 is 1.63. The lowest BCUT2D eigenvalue weighted by Crippen LogP contribution is -2.50. The zero-order valence-electron chi connectivity index (χ0n) is 17.7. The molecule has 1 aromatic carbocycles. The topological polar surface area (TPSA) is 58.1 Å². The van der Waals surface area contributed by atoms with E-state index in [9.17, 15) is 4.79 Å². The molecule has 3 aliphatic heterocycles. The summed E-state index contributed by atoms with van der Waals surface area (Å²) < 4.78 is 11.9. The Morgan fingerprint density at radius 2 is 1.87 bits per heavy atom. The van der Waals surface area contributed by atoms with Crippen LogP contribution in [-0.4, -0.2) is 67.8 Å². The van der Waals surface area contributed by atoms with Crippen molar-refractivity contribution in [3.8, 4) is 11.5 Å². The first-order valence-corrected chi connectivity index (χ1v) is 11.8. The molecule has 7 nitrogen and oxygen atoms in total. The minimum atomic E-state index is 0.0580. The Hall–Kier alpha value is -2.32. The third-order valence-electron chi connectivity index (χ3n) is 5.55. The molecule has 4 heterocycles. The van der Waals surface area contributed by atoms with Gasteiger partial charge >= 0.3 is 0 Å². The average Bonchev–Trinajstić information content (AvgIpc) is 3.44. The van der Waals surface area contributed by atoms with Crippen LogP contribution in [0, 0.1) is 0 Å². The molecule has 1 atom stereocenters. The lowest BCUT2D eigenvalue weighted by Gasteiger charge is -2.38. The van der Waals surface area contributed by atoms with Crippen molar-refractivity contribution in [3.63, 3.8) is 0 Å². The van der Waals surface area contributed by atoms with Crippen LogP contribution in [0.1, 0.15) is 26.7 Å². The number of para-hydroxylation sites is 2. The number of hydrogen-bond donors (Lipinski definition) is 0. The molecule has 5 rings (SSSR count). The van der Waals surface area contributed by atoms with Gasteiger partial charge in [0.2, 0.25) is 5.91 Å². The highest BCUT2D eigenvalue weighted by Crippen LogP contribution is 2.36. The van der Waals surface area contributed by atoms with E-state index in [0.717, 1.165) is 68.0 Å². The summed E-state index contributed by atoms with van der Waals surface area (Å²) in [7, 11) is 0. The lowest BCUT2D eigenvalue weighted by molar-refractivity contribution is -0.117. The lowest BCUT2D eigenvalue weighted by atomic mass is 10.2. The van der Waals surface area contributed by atoms with Gasteiger partial charge in [0, 0.05) is 45.7 Å². The number of nitrogens with zero attached hydrogens (tertiary/aromatic N) is 4. The van der Waals surface area contributed by atoms with Crippen molar-refractivity contribution < 1.29 is 14.3 Å². The van der Waals surface area contributed by atoms with Crippen LogP contribution in [0.3, 0.4) is 0 Å². The van der Waals surface area contributed by atoms with Gasteiger partial charge in [0.05, 0.1) is 5.51 Å². The Bertz CT molecular complexity index is 850. The minimum Gasteiger partial charge on any atom is -0.486 e. The van der Waals surface area contributed by atoms with Crippen molar-refractivity contribution in [2.45, 2.75) is 32.8 Å². The van der Waals surface area contributed by atoms with Crippen molar-refractivity contribution in [2.75, 3.05) is 55.7 Å². The highest BCUT2D eigenvalue weighted by Gasteiger charge is 2.30. The number of carbonyl (C=O) groups is 1. The van der Waals surface area contributed by atoms with E-state index >= 15 is 0 Å². The standard InChI is InChI=1S/C20H24N4O3S.C2H6/c25-18-6-3-7-24(18)19-20(28-14-21-19)23-10-8-22(9-11-23)12-15-13-26-16-4-1-2-5-17(16)27-15;1-2/h1-2,4-5,14-15H,3,6-13H2;1-2H3/t15-;/m0./s1. The first-order chi connectivity index (χ1) is 14.8. The first-order valence-electron chi connectivity index (χ1n) is 10.9. The molecule has 2 fully saturated rings. The number of hydrogen-bond acceptors (Lipinski definition) is 7. The van der Waals surface area contributed by atoms with Crippen LogP contribution in [0.2, 0.25) is 0 Å². The van der Waals surface area contributed by atoms with Crippen molar-refractivity contribution in [1.29, 1.82) is 0 Å². The number of fused-ring (bicyclic) bond motifs is 1. The molecule has 0 spiro atoms. The zero-order valence-corrected chi connectivity index (χ0v) is 18.6. The molecule has 0 N–H and O–H groups in total. The number of piperazine rings is 1. The Balaban J connectivity index is 0.00000106. The molecule has 30 heavy (non-hydrogen) atoms. The van der Waals surface area contributed by atoms with Crippen molar-refractivity contribution in [1.82, 2.24) is 9.88 Å².